The second-order valence-electron chi connectivity index (χ2n) is 11.6. The molecule has 0 saturated carbocycles. The monoisotopic (exact) mass is 672 g/mol. The van der Waals surface area contributed by atoms with Crippen molar-refractivity contribution in [2.45, 2.75) is 58.9 Å². The molecule has 4 rings (SSSR count). The third-order valence-corrected chi connectivity index (χ3v) is 8.13. The van der Waals surface area contributed by atoms with E-state index in [1.165, 1.54) is 22.8 Å². The largest absolute Gasteiger partial charge is 0.445 e. The lowest BCUT2D eigenvalue weighted by Gasteiger charge is -2.43. The van der Waals surface area contributed by atoms with Crippen LogP contribution in [0.5, 0.6) is 0 Å². The first kappa shape index (κ1) is 40.7. The van der Waals surface area contributed by atoms with Crippen LogP contribution in [0.25, 0.3) is 0 Å². The lowest BCUT2D eigenvalue weighted by molar-refractivity contribution is -0.173. The number of hydrazine groups is 1. The smallest absolute Gasteiger partial charge is 0.407 e. The van der Waals surface area contributed by atoms with E-state index < -0.39 is 0 Å². The van der Waals surface area contributed by atoms with Gasteiger partial charge in [0, 0.05) is 39.1 Å². The van der Waals surface area contributed by atoms with E-state index in [0.717, 1.165) is 25.9 Å². The minimum Gasteiger partial charge on any atom is -0.445 e. The van der Waals surface area contributed by atoms with Gasteiger partial charge in [-0.1, -0.05) is 111 Å². The predicted octanol–water partition coefficient (Wildman–Crippen LogP) is 5.70. The average Bonchev–Trinajstić information content (AvgIpc) is 3.44. The molecule has 49 heavy (non-hydrogen) atoms. The van der Waals surface area contributed by atoms with Crippen molar-refractivity contribution in [1.82, 2.24) is 30.5 Å². The molecule has 2 saturated heterocycles. The van der Waals surface area contributed by atoms with Gasteiger partial charge in [0.2, 0.25) is 12.3 Å². The summed E-state index contributed by atoms with van der Waals surface area (Å²) < 4.78 is 4.63. The van der Waals surface area contributed by atoms with E-state index in [1.807, 2.05) is 62.2 Å². The number of nitrogens with one attached hydrogen (secondary N) is 2. The minimum absolute atomic E-state index is 0.0612. The fourth-order valence-corrected chi connectivity index (χ4v) is 5.65. The minimum atomic E-state index is -0.373. The van der Waals surface area contributed by atoms with Crippen molar-refractivity contribution >= 4 is 18.4 Å². The van der Waals surface area contributed by atoms with Crippen LogP contribution in [0.15, 0.2) is 109 Å². The molecular weight excluding hydrogens is 616 g/mol. The molecule has 0 radical (unpaired) electrons. The zero-order valence-electron chi connectivity index (χ0n) is 30.1. The van der Waals surface area contributed by atoms with E-state index in [-0.39, 0.29) is 43.4 Å². The number of carbonyl (C=O) groups excluding carboxylic acids is 3. The van der Waals surface area contributed by atoms with E-state index in [9.17, 15) is 14.4 Å². The molecule has 2 aliphatic heterocycles. The quantitative estimate of drug-likeness (QED) is 0.160. The molecule has 2 N–H and O–H groups in total. The highest BCUT2D eigenvalue weighted by Gasteiger charge is 2.47. The van der Waals surface area contributed by atoms with Crippen molar-refractivity contribution in [3.05, 3.63) is 120 Å². The Balaban J connectivity index is 0.000000357. The van der Waals surface area contributed by atoms with Crippen molar-refractivity contribution < 1.29 is 19.1 Å². The molecule has 3 amide bonds. The summed E-state index contributed by atoms with van der Waals surface area (Å²) >= 11 is 0. The standard InChI is InChI=1S/C24H32N4O2.C8H11N.C7H13NO2/c1-5-7-9-12-20(6-2)22(21-13-10-8-11-14-21)15-26-16-23-27(18-29)25(4)17-24(30)28(23)19(26)3;1-9-7-8-5-3-2-4-6-8;1-3-5-8-7(9)10-6-4-2/h5-14,18-19,22-23H,15-17H2,1-4H3;2-6,9H,7H2,1H3;4H,2-3,5-6H2,1H3,(H,8,9)/b7-5-,12-9-,20-6+;;. The van der Waals surface area contributed by atoms with Gasteiger partial charge in [0.15, 0.2) is 0 Å². The van der Waals surface area contributed by atoms with Gasteiger partial charge >= 0.3 is 6.09 Å². The molecule has 3 unspecified atom stereocenters. The lowest BCUT2D eigenvalue weighted by Crippen LogP contribution is -2.63. The first-order chi connectivity index (χ1) is 23.8. The number of allylic oxidation sites excluding steroid dienone is 5. The third-order valence-electron chi connectivity index (χ3n) is 8.13. The van der Waals surface area contributed by atoms with Crippen molar-refractivity contribution in [2.24, 2.45) is 0 Å². The van der Waals surface area contributed by atoms with Crippen molar-refractivity contribution in [3.63, 3.8) is 0 Å². The molecule has 2 fully saturated rings. The predicted molar refractivity (Wildman–Crippen MR) is 198 cm³/mol. The summed E-state index contributed by atoms with van der Waals surface area (Å²) in [5.74, 6) is 0.227. The Labute approximate surface area is 293 Å². The highest BCUT2D eigenvalue weighted by molar-refractivity contribution is 5.80. The molecule has 2 heterocycles. The van der Waals surface area contributed by atoms with Gasteiger partial charge in [-0.05, 0) is 50.9 Å². The molecule has 266 valence electrons. The highest BCUT2D eigenvalue weighted by atomic mass is 16.5. The van der Waals surface area contributed by atoms with Crippen LogP contribution in [0, 0.1) is 0 Å². The van der Waals surface area contributed by atoms with Gasteiger partial charge in [-0.3, -0.25) is 19.5 Å². The molecule has 0 aliphatic carbocycles. The third kappa shape index (κ3) is 13.1. The Bertz CT molecular complexity index is 1360. The second-order valence-corrected chi connectivity index (χ2v) is 11.6. The molecule has 2 aromatic rings. The maximum Gasteiger partial charge on any atom is 0.407 e. The molecule has 0 aromatic heterocycles. The molecule has 2 aliphatic rings. The number of likely N-dealkylation sites (N-methyl/N-ethyl adjacent to an activating group) is 1. The lowest BCUT2D eigenvalue weighted by atomic mass is 9.89. The number of carbonyl (C=O) groups is 3. The van der Waals surface area contributed by atoms with E-state index in [1.54, 1.807) is 17.1 Å². The maximum atomic E-state index is 12.7. The van der Waals surface area contributed by atoms with Gasteiger partial charge in [-0.15, -0.1) is 0 Å². The fraction of sp³-hybridized carbons (Fsp3) is 0.410. The Hall–Kier alpha value is -4.51. The summed E-state index contributed by atoms with van der Waals surface area (Å²) in [6.45, 7) is 15.0. The zero-order chi connectivity index (χ0) is 36.0. The van der Waals surface area contributed by atoms with Gasteiger partial charge < -0.3 is 20.3 Å². The summed E-state index contributed by atoms with van der Waals surface area (Å²) in [6.07, 6.45) is 13.0. The van der Waals surface area contributed by atoms with Crippen LogP contribution in [0.4, 0.5) is 4.79 Å². The van der Waals surface area contributed by atoms with E-state index in [0.29, 0.717) is 13.1 Å². The number of ether oxygens (including phenoxy) is 1. The van der Waals surface area contributed by atoms with Gasteiger partial charge in [0.05, 0.1) is 12.7 Å². The summed E-state index contributed by atoms with van der Waals surface area (Å²) in [5.41, 5.74) is 3.80. The van der Waals surface area contributed by atoms with Gasteiger partial charge in [0.25, 0.3) is 0 Å². The van der Waals surface area contributed by atoms with E-state index in [2.05, 4.69) is 95.3 Å². The van der Waals surface area contributed by atoms with Crippen LogP contribution in [-0.4, -0.2) is 97.4 Å². The van der Waals surface area contributed by atoms with E-state index in [4.69, 9.17) is 0 Å². The highest BCUT2D eigenvalue weighted by Crippen LogP contribution is 2.32. The van der Waals surface area contributed by atoms with E-state index >= 15 is 0 Å². The zero-order valence-corrected chi connectivity index (χ0v) is 30.1. The van der Waals surface area contributed by atoms with Crippen LogP contribution < -0.4 is 10.6 Å². The van der Waals surface area contributed by atoms with Crippen LogP contribution in [0.2, 0.25) is 0 Å². The molecule has 2 aromatic carbocycles. The number of fused-ring (bicyclic) bond motifs is 1. The Morgan fingerprint density at radius 2 is 1.76 bits per heavy atom. The molecule has 10 heteroatoms. The number of hydrogen-bond donors (Lipinski definition) is 2. The first-order valence-electron chi connectivity index (χ1n) is 17.0. The van der Waals surface area contributed by atoms with Crippen molar-refractivity contribution in [3.8, 4) is 0 Å². The molecule has 10 nitrogen and oxygen atoms in total. The molecule has 0 spiro atoms. The average molecular weight is 673 g/mol. The Kier molecular flexibility index (Phi) is 19.0. The van der Waals surface area contributed by atoms with Crippen LogP contribution in [0.1, 0.15) is 51.2 Å². The maximum absolute atomic E-state index is 12.7. The number of hydrogen-bond acceptors (Lipinski definition) is 7. The number of amides is 3. The summed E-state index contributed by atoms with van der Waals surface area (Å²) in [5, 5.41) is 8.99. The van der Waals surface area contributed by atoms with Gasteiger partial charge in [-0.2, -0.15) is 0 Å². The SMILES string of the molecule is C=CCOC(=O)NCCC.CNCc1ccccc1.C\C=C/C=C\C(=C/C)C(CN1CC2N(C(=O)CN(C)N2C=O)C1C)c1ccccc1. The second kappa shape index (κ2) is 23.0. The Morgan fingerprint density at radius 3 is 2.33 bits per heavy atom. The number of rotatable bonds is 13. The number of nitrogens with zero attached hydrogens (tertiary/aromatic N) is 4. The fourth-order valence-electron chi connectivity index (χ4n) is 5.65. The summed E-state index contributed by atoms with van der Waals surface area (Å²) in [7, 11) is 3.74. The normalized spacial score (nSPS) is 18.7. The molecular formula is C39H56N6O4. The van der Waals surface area contributed by atoms with Crippen molar-refractivity contribution in [1.29, 1.82) is 0 Å². The first-order valence-corrected chi connectivity index (χ1v) is 17.0. The van der Waals surface area contributed by atoms with Crippen LogP contribution in [0.3, 0.4) is 0 Å². The summed E-state index contributed by atoms with van der Waals surface area (Å²) in [6, 6.07) is 20.8. The topological polar surface area (TPSA) is 97.5 Å². The Morgan fingerprint density at radius 1 is 1.08 bits per heavy atom. The number of alkyl carbamates (subject to hydrolysis) is 1. The number of benzene rings is 2. The van der Waals surface area contributed by atoms with Gasteiger partial charge in [-0.25, -0.2) is 9.80 Å². The van der Waals surface area contributed by atoms with Crippen LogP contribution in [-0.2, 0) is 20.9 Å². The summed E-state index contributed by atoms with van der Waals surface area (Å²) in [4.78, 5) is 39.1. The van der Waals surface area contributed by atoms with Crippen LogP contribution >= 0.6 is 0 Å². The molecule has 3 atom stereocenters. The van der Waals surface area contributed by atoms with Crippen molar-refractivity contribution in [2.75, 3.05) is 46.9 Å². The van der Waals surface area contributed by atoms with Gasteiger partial charge in [0.1, 0.15) is 12.8 Å². The molecule has 0 bridgehead atoms.